The number of likely N-dealkylation sites (N-methyl/N-ethyl adjacent to an activating group) is 1. The zero-order valence-corrected chi connectivity index (χ0v) is 22.6. The van der Waals surface area contributed by atoms with Crippen molar-refractivity contribution in [2.75, 3.05) is 13.1 Å². The van der Waals surface area contributed by atoms with Crippen LogP contribution in [0.3, 0.4) is 0 Å². The zero-order chi connectivity index (χ0) is 28.5. The number of benzene rings is 2. The van der Waals surface area contributed by atoms with Gasteiger partial charge < -0.3 is 4.98 Å². The van der Waals surface area contributed by atoms with Gasteiger partial charge in [-0.05, 0) is 54.6 Å². The molecule has 2 N–H and O–H groups in total. The molecule has 0 spiro atoms. The summed E-state index contributed by atoms with van der Waals surface area (Å²) in [5.41, 5.74) is 4.37. The van der Waals surface area contributed by atoms with Crippen LogP contribution in [0.5, 0.6) is 0 Å². The van der Waals surface area contributed by atoms with Crippen molar-refractivity contribution in [3.05, 3.63) is 70.7 Å². The van der Waals surface area contributed by atoms with E-state index in [0.29, 0.717) is 35.8 Å². The minimum absolute atomic E-state index is 0.0840. The normalized spacial score (nSPS) is 17.9. The molecule has 1 aliphatic carbocycles. The van der Waals surface area contributed by atoms with Crippen LogP contribution >= 0.6 is 0 Å². The molecule has 8 nitrogen and oxygen atoms in total. The Hall–Kier alpha value is -4.06. The maximum absolute atomic E-state index is 15.4. The Bertz CT molecular complexity index is 1760. The second-order valence-corrected chi connectivity index (χ2v) is 10.9. The fourth-order valence-corrected chi connectivity index (χ4v) is 6.03. The Balaban J connectivity index is 1.18. The van der Waals surface area contributed by atoms with Gasteiger partial charge in [0.15, 0.2) is 11.9 Å². The van der Waals surface area contributed by atoms with Gasteiger partial charge in [-0.15, -0.1) is 0 Å². The number of imidazole rings is 1. The number of alkyl halides is 3. The smallest absolute Gasteiger partial charge is 0.341 e. The van der Waals surface area contributed by atoms with Crippen LogP contribution in [0.2, 0.25) is 0 Å². The number of nitrogens with one attached hydrogen (secondary N) is 2. The summed E-state index contributed by atoms with van der Waals surface area (Å²) < 4.78 is 58.8. The molecule has 1 aliphatic heterocycles. The highest BCUT2D eigenvalue weighted by Crippen LogP contribution is 2.45. The van der Waals surface area contributed by atoms with Crippen molar-refractivity contribution in [3.8, 4) is 22.8 Å². The average Bonchev–Trinajstić information content (AvgIpc) is 3.32. The van der Waals surface area contributed by atoms with Gasteiger partial charge in [-0.3, -0.25) is 14.7 Å². The fourth-order valence-electron chi connectivity index (χ4n) is 6.03. The first-order chi connectivity index (χ1) is 19.7. The second-order valence-electron chi connectivity index (χ2n) is 10.9. The number of hydrogen-bond acceptors (Lipinski definition) is 5. The molecule has 0 saturated heterocycles. The summed E-state index contributed by atoms with van der Waals surface area (Å²) in [4.78, 5) is 13.3. The molecule has 4 heterocycles. The number of H-pyrrole nitrogens is 2. The first-order valence-corrected chi connectivity index (χ1v) is 13.8. The van der Waals surface area contributed by atoms with E-state index in [0.717, 1.165) is 29.6 Å². The van der Waals surface area contributed by atoms with Gasteiger partial charge >= 0.3 is 6.18 Å². The number of aromatic amines is 2. The van der Waals surface area contributed by atoms with Gasteiger partial charge in [-0.1, -0.05) is 19.1 Å². The molecule has 3 aromatic heterocycles. The summed E-state index contributed by atoms with van der Waals surface area (Å²) in [6, 6.07) is 6.81. The van der Waals surface area contributed by atoms with E-state index in [1.807, 2.05) is 19.3 Å². The van der Waals surface area contributed by atoms with Gasteiger partial charge in [-0.25, -0.2) is 14.4 Å². The maximum atomic E-state index is 15.4. The summed E-state index contributed by atoms with van der Waals surface area (Å²) in [6.07, 6.45) is 0.658. The summed E-state index contributed by atoms with van der Waals surface area (Å²) in [7, 11) is 1.81. The van der Waals surface area contributed by atoms with Crippen molar-refractivity contribution in [1.82, 2.24) is 39.8 Å². The van der Waals surface area contributed by atoms with Crippen LogP contribution in [0.4, 0.5) is 17.6 Å². The largest absolute Gasteiger partial charge is 0.409 e. The lowest BCUT2D eigenvalue weighted by atomic mass is 9.96. The van der Waals surface area contributed by atoms with Crippen LogP contribution in [-0.4, -0.2) is 59.1 Å². The highest BCUT2D eigenvalue weighted by molar-refractivity contribution is 5.84. The number of nitrogens with zero attached hydrogens (tertiary/aromatic N) is 6. The number of rotatable bonds is 6. The zero-order valence-electron chi connectivity index (χ0n) is 22.6. The van der Waals surface area contributed by atoms with Gasteiger partial charge in [-0.2, -0.15) is 23.4 Å². The van der Waals surface area contributed by atoms with Crippen molar-refractivity contribution in [1.29, 1.82) is 0 Å². The minimum atomic E-state index is -4.48. The van der Waals surface area contributed by atoms with Crippen LogP contribution < -0.4 is 0 Å². The lowest BCUT2D eigenvalue weighted by Gasteiger charge is -2.34. The molecule has 1 unspecified atom stereocenters. The Morgan fingerprint density at radius 2 is 1.93 bits per heavy atom. The van der Waals surface area contributed by atoms with Gasteiger partial charge in [0.2, 0.25) is 0 Å². The molecule has 5 aromatic rings. The van der Waals surface area contributed by atoms with Crippen molar-refractivity contribution < 1.29 is 17.6 Å². The van der Waals surface area contributed by atoms with Crippen molar-refractivity contribution in [2.45, 2.75) is 50.7 Å². The maximum Gasteiger partial charge on any atom is 0.409 e. The van der Waals surface area contributed by atoms with E-state index < -0.39 is 18.0 Å². The summed E-state index contributed by atoms with van der Waals surface area (Å²) in [5.74, 6) is 1.11. The molecule has 0 amide bonds. The van der Waals surface area contributed by atoms with Crippen LogP contribution in [-0.2, 0) is 19.9 Å². The molecule has 2 aliphatic rings. The van der Waals surface area contributed by atoms with E-state index >= 15 is 4.39 Å². The van der Waals surface area contributed by atoms with Crippen LogP contribution in [0, 0.1) is 5.82 Å². The van der Waals surface area contributed by atoms with E-state index in [2.05, 4.69) is 31.3 Å². The molecule has 12 heteroatoms. The first-order valence-electron chi connectivity index (χ1n) is 13.8. The van der Waals surface area contributed by atoms with E-state index in [4.69, 9.17) is 4.98 Å². The monoisotopic (exact) mass is 564 g/mol. The fraction of sp³-hybridized carbons (Fsp3) is 0.379. The number of halogens is 4. The molecular weight excluding hydrogens is 536 g/mol. The SMILES string of the molecule is CCN1CCc2[nH]c(-c3ccc(-c4nc(Cc5ccc6[nH]ncc6c5C5CC5)n(C)n4)cc3F)nc2C1C(F)(F)F. The summed E-state index contributed by atoms with van der Waals surface area (Å²) >= 11 is 0. The predicted octanol–water partition coefficient (Wildman–Crippen LogP) is 5.84. The van der Waals surface area contributed by atoms with Crippen LogP contribution in [0.15, 0.2) is 36.5 Å². The van der Waals surface area contributed by atoms with E-state index in [9.17, 15) is 13.2 Å². The highest BCUT2D eigenvalue weighted by Gasteiger charge is 2.48. The number of hydrogen-bond donors (Lipinski definition) is 2. The average molecular weight is 565 g/mol. The van der Waals surface area contributed by atoms with Gasteiger partial charge in [0.25, 0.3) is 0 Å². The van der Waals surface area contributed by atoms with Crippen molar-refractivity contribution >= 4 is 10.9 Å². The summed E-state index contributed by atoms with van der Waals surface area (Å²) in [5, 5.41) is 12.9. The third-order valence-corrected chi connectivity index (χ3v) is 8.23. The number of aromatic nitrogens is 7. The molecule has 1 fully saturated rings. The van der Waals surface area contributed by atoms with E-state index in [1.54, 1.807) is 17.7 Å². The second kappa shape index (κ2) is 9.51. The lowest BCUT2D eigenvalue weighted by molar-refractivity contribution is -0.189. The van der Waals surface area contributed by atoms with Gasteiger partial charge in [0.1, 0.15) is 17.5 Å². The first kappa shape index (κ1) is 25.9. The molecule has 7 rings (SSSR count). The Morgan fingerprint density at radius 3 is 2.66 bits per heavy atom. The summed E-state index contributed by atoms with van der Waals surface area (Å²) in [6.45, 7) is 2.19. The molecular formula is C29H28F4N8. The molecule has 0 bridgehead atoms. The minimum Gasteiger partial charge on any atom is -0.341 e. The standard InChI is InChI=1S/C29H28F4N8/c1-3-41-11-10-22-25(26(41)29(31,32)33)37-28(35-22)18-8-6-17(12-20(18)30)27-36-23(40(2)39-27)13-16-7-9-21-19(14-34-38-21)24(16)15-4-5-15/h6-9,12,14-15,26H,3-5,10-11,13H2,1-2H3,(H,34,38)(H,35,37). The quantitative estimate of drug-likeness (QED) is 0.253. The van der Waals surface area contributed by atoms with Gasteiger partial charge in [0, 0.05) is 43.1 Å². The van der Waals surface area contributed by atoms with E-state index in [-0.39, 0.29) is 30.2 Å². The molecule has 0 radical (unpaired) electrons. The molecule has 1 atom stereocenters. The third kappa shape index (κ3) is 4.50. The Morgan fingerprint density at radius 1 is 1.10 bits per heavy atom. The molecule has 41 heavy (non-hydrogen) atoms. The Kier molecular flexibility index (Phi) is 6.00. The molecule has 1 saturated carbocycles. The number of aryl methyl sites for hydroxylation is 1. The van der Waals surface area contributed by atoms with Crippen molar-refractivity contribution in [3.63, 3.8) is 0 Å². The highest BCUT2D eigenvalue weighted by atomic mass is 19.4. The van der Waals surface area contributed by atoms with Crippen LogP contribution in [0.25, 0.3) is 33.7 Å². The van der Waals surface area contributed by atoms with Crippen LogP contribution in [0.1, 0.15) is 60.1 Å². The topological polar surface area (TPSA) is 91.3 Å². The van der Waals surface area contributed by atoms with Crippen molar-refractivity contribution in [2.24, 2.45) is 7.05 Å². The molecule has 212 valence electrons. The predicted molar refractivity (Wildman–Crippen MR) is 145 cm³/mol. The van der Waals surface area contributed by atoms with E-state index in [1.165, 1.54) is 28.2 Å². The van der Waals surface area contributed by atoms with Gasteiger partial charge in [0.05, 0.1) is 23.0 Å². The lowest BCUT2D eigenvalue weighted by Crippen LogP contribution is -2.43. The molecule has 2 aromatic carbocycles. The Labute approximate surface area is 232 Å². The number of fused-ring (bicyclic) bond motifs is 2. The third-order valence-electron chi connectivity index (χ3n) is 8.23.